The number of amides is 1. The molecule has 0 aliphatic carbocycles. The fourth-order valence-corrected chi connectivity index (χ4v) is 3.42. The summed E-state index contributed by atoms with van der Waals surface area (Å²) in [5.41, 5.74) is 1.21. The van der Waals surface area contributed by atoms with Crippen LogP contribution in [0.1, 0.15) is 11.3 Å². The van der Waals surface area contributed by atoms with Crippen LogP contribution < -0.4 is 16.6 Å². The first-order valence-electron chi connectivity index (χ1n) is 9.87. The first kappa shape index (κ1) is 21.3. The third kappa shape index (κ3) is 4.70. The van der Waals surface area contributed by atoms with Crippen molar-refractivity contribution >= 4 is 23.3 Å². The lowest BCUT2D eigenvalue weighted by atomic mass is 10.2. The van der Waals surface area contributed by atoms with Crippen LogP contribution in [-0.2, 0) is 17.9 Å². The van der Waals surface area contributed by atoms with E-state index < -0.39 is 23.7 Å². The van der Waals surface area contributed by atoms with Crippen molar-refractivity contribution < 1.29 is 4.79 Å². The zero-order valence-electron chi connectivity index (χ0n) is 17.2. The van der Waals surface area contributed by atoms with Crippen LogP contribution in [0.2, 0.25) is 5.02 Å². The second kappa shape index (κ2) is 9.07. The van der Waals surface area contributed by atoms with Crippen molar-refractivity contribution in [3.63, 3.8) is 0 Å². The molecule has 9 heteroatoms. The molecule has 4 rings (SSSR count). The molecule has 0 saturated heterocycles. The van der Waals surface area contributed by atoms with Crippen molar-refractivity contribution in [2.24, 2.45) is 0 Å². The lowest BCUT2D eigenvalue weighted by molar-refractivity contribution is -0.116. The van der Waals surface area contributed by atoms with Gasteiger partial charge in [-0.05, 0) is 36.8 Å². The van der Waals surface area contributed by atoms with Gasteiger partial charge in [0.25, 0.3) is 5.56 Å². The number of nitrogens with one attached hydrogen (secondary N) is 1. The van der Waals surface area contributed by atoms with Gasteiger partial charge in [0.1, 0.15) is 12.4 Å². The highest BCUT2D eigenvalue weighted by atomic mass is 35.5. The number of nitrogens with zero attached hydrogens (tertiary/aromatic N) is 4. The largest absolute Gasteiger partial charge is 0.331 e. The first-order valence-corrected chi connectivity index (χ1v) is 10.3. The quantitative estimate of drug-likeness (QED) is 0.490. The summed E-state index contributed by atoms with van der Waals surface area (Å²) in [6.45, 7) is 1.67. The van der Waals surface area contributed by atoms with Crippen LogP contribution in [0.5, 0.6) is 0 Å². The van der Waals surface area contributed by atoms with E-state index >= 15 is 0 Å². The van der Waals surface area contributed by atoms with Crippen LogP contribution in [0.4, 0.5) is 5.82 Å². The molecule has 1 amide bonds. The van der Waals surface area contributed by atoms with E-state index in [4.69, 9.17) is 11.6 Å². The Morgan fingerprint density at radius 3 is 2.47 bits per heavy atom. The lowest BCUT2D eigenvalue weighted by Crippen LogP contribution is -2.42. The highest BCUT2D eigenvalue weighted by molar-refractivity contribution is 6.30. The third-order valence-corrected chi connectivity index (χ3v) is 5.06. The molecule has 0 aliphatic rings. The normalized spacial score (nSPS) is 10.8. The maximum atomic E-state index is 12.8. The molecule has 8 nitrogen and oxygen atoms in total. The van der Waals surface area contributed by atoms with Crippen molar-refractivity contribution in [3.05, 3.63) is 110 Å². The summed E-state index contributed by atoms with van der Waals surface area (Å²) in [6, 6.07) is 19.4. The second-order valence-electron chi connectivity index (χ2n) is 7.24. The van der Waals surface area contributed by atoms with Gasteiger partial charge in [0.15, 0.2) is 0 Å². The molecule has 0 unspecified atom stereocenters. The topological polar surface area (TPSA) is 90.9 Å². The van der Waals surface area contributed by atoms with Gasteiger partial charge in [-0.25, -0.2) is 9.48 Å². The fraction of sp³-hybridized carbons (Fsp3) is 0.130. The molecule has 0 radical (unpaired) electrons. The van der Waals surface area contributed by atoms with Crippen LogP contribution in [0.15, 0.2) is 82.5 Å². The van der Waals surface area contributed by atoms with Crippen LogP contribution in [0.3, 0.4) is 0 Å². The van der Waals surface area contributed by atoms with Gasteiger partial charge in [-0.2, -0.15) is 5.10 Å². The molecule has 2 heterocycles. The Morgan fingerprint density at radius 2 is 1.75 bits per heavy atom. The zero-order chi connectivity index (χ0) is 22.7. The molecule has 162 valence electrons. The first-order chi connectivity index (χ1) is 15.4. The van der Waals surface area contributed by atoms with Gasteiger partial charge in [-0.15, -0.1) is 0 Å². The third-order valence-electron chi connectivity index (χ3n) is 4.81. The monoisotopic (exact) mass is 449 g/mol. The summed E-state index contributed by atoms with van der Waals surface area (Å²) in [5.74, 6) is -0.0970. The van der Waals surface area contributed by atoms with Gasteiger partial charge >= 0.3 is 5.69 Å². The predicted molar refractivity (Wildman–Crippen MR) is 122 cm³/mol. The van der Waals surface area contributed by atoms with Crippen molar-refractivity contribution in [3.8, 4) is 5.69 Å². The molecule has 1 N–H and O–H groups in total. The number of hydrogen-bond donors (Lipinski definition) is 1. The predicted octanol–water partition coefficient (Wildman–Crippen LogP) is 2.84. The molecule has 0 aliphatic heterocycles. The Labute approximate surface area is 188 Å². The van der Waals surface area contributed by atoms with E-state index in [2.05, 4.69) is 10.4 Å². The molecular weight excluding hydrogens is 430 g/mol. The average molecular weight is 450 g/mol. The maximum absolute atomic E-state index is 12.8. The van der Waals surface area contributed by atoms with Crippen LogP contribution in [-0.4, -0.2) is 24.8 Å². The SMILES string of the molecule is Cc1cc(NC(=O)Cn2c(=O)ccn(Cc3ccccc3)c2=O)n(-c2ccc(Cl)cc2)n1. The van der Waals surface area contributed by atoms with E-state index in [9.17, 15) is 14.4 Å². The molecule has 0 bridgehead atoms. The van der Waals surface area contributed by atoms with Crippen molar-refractivity contribution in [2.45, 2.75) is 20.0 Å². The maximum Gasteiger partial charge on any atom is 0.331 e. The highest BCUT2D eigenvalue weighted by Gasteiger charge is 2.14. The summed E-state index contributed by atoms with van der Waals surface area (Å²) in [5, 5.41) is 7.71. The Bertz CT molecular complexity index is 1370. The fourth-order valence-electron chi connectivity index (χ4n) is 3.30. The minimum atomic E-state index is -0.557. The molecule has 2 aromatic carbocycles. The molecule has 0 atom stereocenters. The minimum absolute atomic E-state index is 0.296. The number of carbonyl (C=O) groups excluding carboxylic acids is 1. The summed E-state index contributed by atoms with van der Waals surface area (Å²) in [4.78, 5) is 37.8. The van der Waals surface area contributed by atoms with E-state index in [1.165, 1.54) is 16.8 Å². The Balaban J connectivity index is 1.57. The number of benzene rings is 2. The van der Waals surface area contributed by atoms with Gasteiger partial charge in [0.2, 0.25) is 5.91 Å². The number of halogens is 1. The number of aryl methyl sites for hydroxylation is 1. The molecule has 32 heavy (non-hydrogen) atoms. The van der Waals surface area contributed by atoms with Crippen LogP contribution in [0.25, 0.3) is 5.69 Å². The van der Waals surface area contributed by atoms with E-state index in [0.717, 1.165) is 10.1 Å². The summed E-state index contributed by atoms with van der Waals surface area (Å²) < 4.78 is 3.87. The van der Waals surface area contributed by atoms with Gasteiger partial charge in [0.05, 0.1) is 17.9 Å². The Kier molecular flexibility index (Phi) is 6.04. The Morgan fingerprint density at radius 1 is 1.03 bits per heavy atom. The van der Waals surface area contributed by atoms with Crippen molar-refractivity contribution in [1.29, 1.82) is 0 Å². The van der Waals surface area contributed by atoms with Crippen molar-refractivity contribution in [2.75, 3.05) is 5.32 Å². The van der Waals surface area contributed by atoms with E-state index in [1.54, 1.807) is 41.9 Å². The zero-order valence-corrected chi connectivity index (χ0v) is 18.0. The van der Waals surface area contributed by atoms with Crippen molar-refractivity contribution in [1.82, 2.24) is 18.9 Å². The molecule has 0 saturated carbocycles. The molecule has 4 aromatic rings. The van der Waals surface area contributed by atoms with Gasteiger partial charge < -0.3 is 5.32 Å². The van der Waals surface area contributed by atoms with Gasteiger partial charge in [-0.1, -0.05) is 41.9 Å². The van der Waals surface area contributed by atoms with Gasteiger partial charge in [-0.3, -0.25) is 18.7 Å². The highest BCUT2D eigenvalue weighted by Crippen LogP contribution is 2.19. The summed E-state index contributed by atoms with van der Waals surface area (Å²) in [6.07, 6.45) is 1.44. The number of rotatable bonds is 6. The Hall–Kier alpha value is -3.91. The molecular formula is C23H20ClN5O3. The standard InChI is InChI=1S/C23H20ClN5O3/c1-16-13-20(29(26-16)19-9-7-18(24)8-10-19)25-21(30)15-28-22(31)11-12-27(23(28)32)14-17-5-3-2-4-6-17/h2-13H,14-15H2,1H3,(H,25,30). The van der Waals surface area contributed by atoms with E-state index in [1.807, 2.05) is 30.3 Å². The van der Waals surface area contributed by atoms with E-state index in [0.29, 0.717) is 28.8 Å². The van der Waals surface area contributed by atoms with Gasteiger partial charge in [0, 0.05) is 23.4 Å². The minimum Gasteiger partial charge on any atom is -0.309 e. The molecule has 0 fully saturated rings. The van der Waals surface area contributed by atoms with Crippen LogP contribution in [0, 0.1) is 6.92 Å². The summed E-state index contributed by atoms with van der Waals surface area (Å²) in [7, 11) is 0. The second-order valence-corrected chi connectivity index (χ2v) is 7.68. The number of aromatic nitrogens is 4. The van der Waals surface area contributed by atoms with E-state index in [-0.39, 0.29) is 0 Å². The lowest BCUT2D eigenvalue weighted by Gasteiger charge is -2.11. The number of hydrogen-bond acceptors (Lipinski definition) is 4. The number of carbonyl (C=O) groups is 1. The molecule has 2 aromatic heterocycles. The molecule has 0 spiro atoms. The number of anilines is 1. The van der Waals surface area contributed by atoms with Crippen LogP contribution >= 0.6 is 11.6 Å². The summed E-state index contributed by atoms with van der Waals surface area (Å²) >= 11 is 5.95. The average Bonchev–Trinajstić information content (AvgIpc) is 3.14. The smallest absolute Gasteiger partial charge is 0.309 e.